The van der Waals surface area contributed by atoms with E-state index < -0.39 is 0 Å². The van der Waals surface area contributed by atoms with Crippen molar-refractivity contribution in [2.24, 2.45) is 0 Å². The lowest BCUT2D eigenvalue weighted by Crippen LogP contribution is -2.39. The van der Waals surface area contributed by atoms with Gasteiger partial charge in [0.1, 0.15) is 0 Å². The SMILES string of the molecule is CC(CNCC1CCCO1)N(C)Cc1cccc(Cl)c1. The number of nitrogens with zero attached hydrogens (tertiary/aromatic N) is 1. The highest BCUT2D eigenvalue weighted by molar-refractivity contribution is 6.30. The van der Waals surface area contributed by atoms with Gasteiger partial charge in [-0.3, -0.25) is 4.90 Å². The number of rotatable bonds is 7. The second kappa shape index (κ2) is 7.99. The maximum atomic E-state index is 6.02. The van der Waals surface area contributed by atoms with Gasteiger partial charge in [0.25, 0.3) is 0 Å². The molecule has 0 amide bonds. The highest BCUT2D eigenvalue weighted by atomic mass is 35.5. The van der Waals surface area contributed by atoms with Crippen LogP contribution in [0.3, 0.4) is 0 Å². The Morgan fingerprint density at radius 3 is 3.05 bits per heavy atom. The summed E-state index contributed by atoms with van der Waals surface area (Å²) in [5, 5.41) is 4.32. The predicted molar refractivity (Wildman–Crippen MR) is 84.2 cm³/mol. The number of likely N-dealkylation sites (N-methyl/N-ethyl adjacent to an activating group) is 1. The molecule has 1 fully saturated rings. The van der Waals surface area contributed by atoms with Crippen molar-refractivity contribution in [1.82, 2.24) is 10.2 Å². The van der Waals surface area contributed by atoms with Crippen LogP contribution in [0.1, 0.15) is 25.3 Å². The third-order valence-corrected chi connectivity index (χ3v) is 4.14. The van der Waals surface area contributed by atoms with Crippen LogP contribution in [0.25, 0.3) is 0 Å². The van der Waals surface area contributed by atoms with E-state index in [9.17, 15) is 0 Å². The molecule has 2 unspecified atom stereocenters. The molecule has 2 rings (SSSR count). The summed E-state index contributed by atoms with van der Waals surface area (Å²) in [6.07, 6.45) is 2.82. The molecular weight excluding hydrogens is 272 g/mol. The first-order chi connectivity index (χ1) is 9.65. The van der Waals surface area contributed by atoms with E-state index in [1.165, 1.54) is 18.4 Å². The Morgan fingerprint density at radius 2 is 2.35 bits per heavy atom. The normalized spacial score (nSPS) is 20.5. The fourth-order valence-electron chi connectivity index (χ4n) is 2.49. The molecule has 1 heterocycles. The van der Waals surface area contributed by atoms with E-state index in [2.05, 4.69) is 30.3 Å². The average Bonchev–Trinajstić information content (AvgIpc) is 2.91. The summed E-state index contributed by atoms with van der Waals surface area (Å²) < 4.78 is 5.61. The van der Waals surface area contributed by atoms with Crippen LogP contribution in [0, 0.1) is 0 Å². The Kier molecular flexibility index (Phi) is 6.30. The smallest absolute Gasteiger partial charge is 0.0700 e. The molecule has 112 valence electrons. The molecule has 4 heteroatoms. The zero-order chi connectivity index (χ0) is 14.4. The van der Waals surface area contributed by atoms with Crippen molar-refractivity contribution in [3.05, 3.63) is 34.9 Å². The standard InChI is InChI=1S/C16H25ClN2O/c1-13(10-18-11-16-7-4-8-20-16)19(2)12-14-5-3-6-15(17)9-14/h3,5-6,9,13,16,18H,4,7-8,10-12H2,1-2H3. The molecule has 0 radical (unpaired) electrons. The van der Waals surface area contributed by atoms with Gasteiger partial charge in [-0.25, -0.2) is 0 Å². The summed E-state index contributed by atoms with van der Waals surface area (Å²) in [5.74, 6) is 0. The van der Waals surface area contributed by atoms with Crippen molar-refractivity contribution in [3.63, 3.8) is 0 Å². The molecule has 1 saturated heterocycles. The lowest BCUT2D eigenvalue weighted by Gasteiger charge is -2.25. The lowest BCUT2D eigenvalue weighted by atomic mass is 10.2. The van der Waals surface area contributed by atoms with E-state index in [1.54, 1.807) is 0 Å². The summed E-state index contributed by atoms with van der Waals surface area (Å²) in [4.78, 5) is 2.34. The van der Waals surface area contributed by atoms with Crippen molar-refractivity contribution in [2.75, 3.05) is 26.7 Å². The Morgan fingerprint density at radius 1 is 1.50 bits per heavy atom. The van der Waals surface area contributed by atoms with Crippen LogP contribution in [-0.4, -0.2) is 43.8 Å². The number of halogens is 1. The Balaban J connectivity index is 1.69. The quantitative estimate of drug-likeness (QED) is 0.837. The van der Waals surface area contributed by atoms with Gasteiger partial charge in [-0.2, -0.15) is 0 Å². The predicted octanol–water partition coefficient (Wildman–Crippen LogP) is 2.93. The minimum absolute atomic E-state index is 0.417. The van der Waals surface area contributed by atoms with Crippen LogP contribution in [0.5, 0.6) is 0 Å². The molecule has 0 saturated carbocycles. The van der Waals surface area contributed by atoms with Crippen LogP contribution >= 0.6 is 11.6 Å². The third-order valence-electron chi connectivity index (χ3n) is 3.91. The minimum Gasteiger partial charge on any atom is -0.377 e. The summed E-state index contributed by atoms with van der Waals surface area (Å²) in [6, 6.07) is 8.55. The number of nitrogens with one attached hydrogen (secondary N) is 1. The van der Waals surface area contributed by atoms with Crippen molar-refractivity contribution in [3.8, 4) is 0 Å². The molecular formula is C16H25ClN2O. The summed E-state index contributed by atoms with van der Waals surface area (Å²) >= 11 is 6.02. The van der Waals surface area contributed by atoms with Gasteiger partial charge >= 0.3 is 0 Å². The summed E-state index contributed by atoms with van der Waals surface area (Å²) in [5.41, 5.74) is 1.26. The molecule has 2 atom stereocenters. The highest BCUT2D eigenvalue weighted by Gasteiger charge is 2.16. The number of hydrogen-bond donors (Lipinski definition) is 1. The van der Waals surface area contributed by atoms with E-state index in [0.717, 1.165) is 31.3 Å². The van der Waals surface area contributed by atoms with E-state index in [1.807, 2.05) is 18.2 Å². The number of ether oxygens (including phenoxy) is 1. The van der Waals surface area contributed by atoms with Gasteiger partial charge in [-0.05, 0) is 44.5 Å². The molecule has 1 N–H and O–H groups in total. The summed E-state index contributed by atoms with van der Waals surface area (Å²) in [6.45, 7) is 6.04. The first kappa shape index (κ1) is 15.8. The van der Waals surface area contributed by atoms with Gasteiger partial charge in [0.05, 0.1) is 6.10 Å². The Labute approximate surface area is 127 Å². The Bertz CT molecular complexity index is 407. The van der Waals surface area contributed by atoms with Gasteiger partial charge in [0, 0.05) is 37.3 Å². The molecule has 1 aliphatic rings. The monoisotopic (exact) mass is 296 g/mol. The van der Waals surface area contributed by atoms with Crippen LogP contribution in [0.4, 0.5) is 0 Å². The number of benzene rings is 1. The van der Waals surface area contributed by atoms with Gasteiger partial charge < -0.3 is 10.1 Å². The molecule has 0 aliphatic carbocycles. The first-order valence-corrected chi connectivity index (χ1v) is 7.80. The van der Waals surface area contributed by atoms with Crippen molar-refractivity contribution < 1.29 is 4.74 Å². The van der Waals surface area contributed by atoms with Crippen LogP contribution in [0.15, 0.2) is 24.3 Å². The molecule has 20 heavy (non-hydrogen) atoms. The molecule has 0 spiro atoms. The molecule has 1 aromatic carbocycles. The van der Waals surface area contributed by atoms with Gasteiger partial charge in [0.15, 0.2) is 0 Å². The van der Waals surface area contributed by atoms with Gasteiger partial charge in [-0.1, -0.05) is 23.7 Å². The second-order valence-electron chi connectivity index (χ2n) is 5.69. The van der Waals surface area contributed by atoms with Crippen molar-refractivity contribution in [1.29, 1.82) is 0 Å². The zero-order valence-corrected chi connectivity index (χ0v) is 13.2. The molecule has 0 aromatic heterocycles. The molecule has 1 aliphatic heterocycles. The van der Waals surface area contributed by atoms with Gasteiger partial charge in [-0.15, -0.1) is 0 Å². The lowest BCUT2D eigenvalue weighted by molar-refractivity contribution is 0.108. The average molecular weight is 297 g/mol. The molecule has 3 nitrogen and oxygen atoms in total. The van der Waals surface area contributed by atoms with E-state index in [0.29, 0.717) is 12.1 Å². The maximum Gasteiger partial charge on any atom is 0.0700 e. The fourth-order valence-corrected chi connectivity index (χ4v) is 2.71. The fraction of sp³-hybridized carbons (Fsp3) is 0.625. The Hall–Kier alpha value is -0.610. The largest absolute Gasteiger partial charge is 0.377 e. The van der Waals surface area contributed by atoms with Crippen molar-refractivity contribution >= 4 is 11.6 Å². The van der Waals surface area contributed by atoms with Crippen LogP contribution < -0.4 is 5.32 Å². The van der Waals surface area contributed by atoms with Gasteiger partial charge in [0.2, 0.25) is 0 Å². The minimum atomic E-state index is 0.417. The van der Waals surface area contributed by atoms with Crippen molar-refractivity contribution in [2.45, 2.75) is 38.5 Å². The summed E-state index contributed by atoms with van der Waals surface area (Å²) in [7, 11) is 2.15. The van der Waals surface area contributed by atoms with E-state index in [4.69, 9.17) is 16.3 Å². The molecule has 0 bridgehead atoms. The third kappa shape index (κ3) is 5.06. The van der Waals surface area contributed by atoms with Crippen LogP contribution in [-0.2, 0) is 11.3 Å². The number of hydrogen-bond acceptors (Lipinski definition) is 3. The topological polar surface area (TPSA) is 24.5 Å². The van der Waals surface area contributed by atoms with Crippen LogP contribution in [0.2, 0.25) is 5.02 Å². The zero-order valence-electron chi connectivity index (χ0n) is 12.4. The van der Waals surface area contributed by atoms with E-state index >= 15 is 0 Å². The molecule has 1 aromatic rings. The first-order valence-electron chi connectivity index (χ1n) is 7.42. The van der Waals surface area contributed by atoms with E-state index in [-0.39, 0.29) is 0 Å². The highest BCUT2D eigenvalue weighted by Crippen LogP contribution is 2.13. The maximum absolute atomic E-state index is 6.02. The second-order valence-corrected chi connectivity index (χ2v) is 6.12.